The molecule has 2 heterocycles. The van der Waals surface area contributed by atoms with E-state index in [0.717, 1.165) is 25.2 Å². The number of carbonyl (C=O) groups excluding carboxylic acids is 1. The summed E-state index contributed by atoms with van der Waals surface area (Å²) < 4.78 is 0. The summed E-state index contributed by atoms with van der Waals surface area (Å²) in [6, 6.07) is 0.426. The lowest BCUT2D eigenvalue weighted by atomic mass is 10.0. The average Bonchev–Trinajstić information content (AvgIpc) is 2.97. The van der Waals surface area contributed by atoms with Gasteiger partial charge in [0, 0.05) is 18.8 Å². The van der Waals surface area contributed by atoms with Gasteiger partial charge >= 0.3 is 0 Å². The molecular weight excluding hydrogens is 264 g/mol. The first-order chi connectivity index (χ1) is 10.1. The van der Waals surface area contributed by atoms with E-state index in [1.165, 1.54) is 19.0 Å². The number of carbonyl (C=O) groups is 1. The molecule has 5 nitrogen and oxygen atoms in total. The molecular formula is C16H26N4O. The van der Waals surface area contributed by atoms with Crippen LogP contribution in [-0.4, -0.2) is 46.5 Å². The number of hydrogen-bond acceptors (Lipinski definition) is 4. The zero-order valence-electron chi connectivity index (χ0n) is 13.3. The van der Waals surface area contributed by atoms with Crippen LogP contribution in [0, 0.1) is 12.8 Å². The van der Waals surface area contributed by atoms with Gasteiger partial charge in [0.15, 0.2) is 0 Å². The molecule has 1 aliphatic rings. The Balaban J connectivity index is 1.90. The van der Waals surface area contributed by atoms with Crippen molar-refractivity contribution in [3.8, 4) is 0 Å². The standard InChI is InChI=1S/C16H26N4O/c1-12(2)8-14(20-6-4-5-7-20)10-19-16(21)15-11-17-13(3)9-18-15/h9,11-12,14H,4-8,10H2,1-3H3,(H,19,21). The molecule has 2 rings (SSSR count). The molecule has 1 N–H and O–H groups in total. The van der Waals surface area contributed by atoms with Crippen molar-refractivity contribution in [2.45, 2.75) is 46.1 Å². The number of likely N-dealkylation sites (tertiary alicyclic amines) is 1. The first kappa shape index (κ1) is 15.9. The molecule has 0 radical (unpaired) electrons. The second-order valence-corrected chi connectivity index (χ2v) is 6.28. The highest BCUT2D eigenvalue weighted by molar-refractivity contribution is 5.91. The number of rotatable bonds is 6. The van der Waals surface area contributed by atoms with Crippen LogP contribution in [0.2, 0.25) is 0 Å². The molecule has 21 heavy (non-hydrogen) atoms. The van der Waals surface area contributed by atoms with E-state index < -0.39 is 0 Å². The maximum Gasteiger partial charge on any atom is 0.271 e. The van der Waals surface area contributed by atoms with Crippen molar-refractivity contribution in [3.63, 3.8) is 0 Å². The smallest absolute Gasteiger partial charge is 0.271 e. The number of aryl methyl sites for hydroxylation is 1. The van der Waals surface area contributed by atoms with E-state index >= 15 is 0 Å². The van der Waals surface area contributed by atoms with E-state index in [1.54, 1.807) is 6.20 Å². The fraction of sp³-hybridized carbons (Fsp3) is 0.688. The van der Waals surface area contributed by atoms with Crippen molar-refractivity contribution in [2.75, 3.05) is 19.6 Å². The minimum absolute atomic E-state index is 0.129. The van der Waals surface area contributed by atoms with Crippen molar-refractivity contribution >= 4 is 5.91 Å². The van der Waals surface area contributed by atoms with Crippen LogP contribution < -0.4 is 5.32 Å². The van der Waals surface area contributed by atoms with E-state index in [1.807, 2.05) is 6.92 Å². The molecule has 0 saturated carbocycles. The Labute approximate surface area is 127 Å². The van der Waals surface area contributed by atoms with Gasteiger partial charge in [-0.15, -0.1) is 0 Å². The van der Waals surface area contributed by atoms with Gasteiger partial charge in [0.2, 0.25) is 0 Å². The molecule has 1 atom stereocenters. The van der Waals surface area contributed by atoms with Crippen molar-refractivity contribution in [2.24, 2.45) is 5.92 Å². The molecule has 1 aromatic heterocycles. The van der Waals surface area contributed by atoms with Gasteiger partial charge in [-0.05, 0) is 45.2 Å². The van der Waals surface area contributed by atoms with Crippen molar-refractivity contribution in [1.29, 1.82) is 0 Å². The van der Waals surface area contributed by atoms with E-state index in [9.17, 15) is 4.79 Å². The highest BCUT2D eigenvalue weighted by atomic mass is 16.1. The van der Waals surface area contributed by atoms with Gasteiger partial charge in [0.1, 0.15) is 5.69 Å². The van der Waals surface area contributed by atoms with Gasteiger partial charge in [-0.2, -0.15) is 0 Å². The van der Waals surface area contributed by atoms with Gasteiger partial charge in [-0.3, -0.25) is 14.7 Å². The fourth-order valence-electron chi connectivity index (χ4n) is 2.82. The number of nitrogens with one attached hydrogen (secondary N) is 1. The average molecular weight is 290 g/mol. The van der Waals surface area contributed by atoms with Crippen LogP contribution in [0.3, 0.4) is 0 Å². The Bertz CT molecular complexity index is 452. The minimum atomic E-state index is -0.129. The predicted octanol–water partition coefficient (Wildman–Crippen LogP) is 2.03. The fourth-order valence-corrected chi connectivity index (χ4v) is 2.82. The highest BCUT2D eigenvalue weighted by Gasteiger charge is 2.23. The van der Waals surface area contributed by atoms with E-state index in [4.69, 9.17) is 0 Å². The Morgan fingerprint density at radius 2 is 2.00 bits per heavy atom. The maximum atomic E-state index is 12.1. The van der Waals surface area contributed by atoms with E-state index in [0.29, 0.717) is 24.2 Å². The lowest BCUT2D eigenvalue weighted by Gasteiger charge is -2.29. The van der Waals surface area contributed by atoms with Crippen LogP contribution in [0.1, 0.15) is 49.3 Å². The predicted molar refractivity (Wildman–Crippen MR) is 83.2 cm³/mol. The second-order valence-electron chi connectivity index (χ2n) is 6.28. The normalized spacial score (nSPS) is 17.1. The molecule has 1 fully saturated rings. The van der Waals surface area contributed by atoms with Crippen LogP contribution in [0.5, 0.6) is 0 Å². The zero-order chi connectivity index (χ0) is 15.2. The van der Waals surface area contributed by atoms with Crippen molar-refractivity contribution in [3.05, 3.63) is 23.8 Å². The van der Waals surface area contributed by atoms with Gasteiger partial charge < -0.3 is 5.32 Å². The number of hydrogen-bond donors (Lipinski definition) is 1. The summed E-state index contributed by atoms with van der Waals surface area (Å²) in [4.78, 5) is 22.9. The Hall–Kier alpha value is -1.49. The van der Waals surface area contributed by atoms with Crippen LogP contribution >= 0.6 is 0 Å². The zero-order valence-corrected chi connectivity index (χ0v) is 13.3. The molecule has 5 heteroatoms. The Morgan fingerprint density at radius 3 is 2.57 bits per heavy atom. The van der Waals surface area contributed by atoms with E-state index in [-0.39, 0.29) is 5.91 Å². The summed E-state index contributed by atoms with van der Waals surface area (Å²) in [5.41, 5.74) is 1.21. The monoisotopic (exact) mass is 290 g/mol. The number of nitrogens with zero attached hydrogens (tertiary/aromatic N) is 3. The molecule has 0 aromatic carbocycles. The summed E-state index contributed by atoms with van der Waals surface area (Å²) in [6.07, 6.45) is 6.82. The van der Waals surface area contributed by atoms with Crippen LogP contribution in [0.4, 0.5) is 0 Å². The summed E-state index contributed by atoms with van der Waals surface area (Å²) in [6.45, 7) is 9.31. The van der Waals surface area contributed by atoms with Crippen LogP contribution in [-0.2, 0) is 0 Å². The third-order valence-electron chi connectivity index (χ3n) is 3.91. The molecule has 1 unspecified atom stereocenters. The van der Waals surface area contributed by atoms with Crippen LogP contribution in [0.15, 0.2) is 12.4 Å². The minimum Gasteiger partial charge on any atom is -0.349 e. The first-order valence-electron chi connectivity index (χ1n) is 7.87. The molecule has 0 spiro atoms. The molecule has 1 saturated heterocycles. The Kier molecular flexibility index (Phi) is 5.67. The SMILES string of the molecule is Cc1cnc(C(=O)NCC(CC(C)C)N2CCCC2)cn1. The summed E-state index contributed by atoms with van der Waals surface area (Å²) in [7, 11) is 0. The van der Waals surface area contributed by atoms with Gasteiger partial charge in [0.25, 0.3) is 5.91 Å². The van der Waals surface area contributed by atoms with Gasteiger partial charge in [-0.1, -0.05) is 13.8 Å². The molecule has 1 aliphatic heterocycles. The second kappa shape index (κ2) is 7.50. The van der Waals surface area contributed by atoms with Crippen molar-refractivity contribution in [1.82, 2.24) is 20.2 Å². The van der Waals surface area contributed by atoms with Crippen LogP contribution in [0.25, 0.3) is 0 Å². The largest absolute Gasteiger partial charge is 0.349 e. The topological polar surface area (TPSA) is 58.1 Å². The highest BCUT2D eigenvalue weighted by Crippen LogP contribution is 2.17. The first-order valence-corrected chi connectivity index (χ1v) is 7.87. The van der Waals surface area contributed by atoms with Gasteiger partial charge in [0.05, 0.1) is 11.9 Å². The Morgan fingerprint density at radius 1 is 1.29 bits per heavy atom. The third kappa shape index (κ3) is 4.77. The lowest BCUT2D eigenvalue weighted by molar-refractivity contribution is 0.0927. The summed E-state index contributed by atoms with van der Waals surface area (Å²) in [5.74, 6) is 0.502. The number of amides is 1. The maximum absolute atomic E-state index is 12.1. The molecule has 1 amide bonds. The lowest BCUT2D eigenvalue weighted by Crippen LogP contribution is -2.43. The summed E-state index contributed by atoms with van der Waals surface area (Å²) in [5, 5.41) is 3.02. The molecule has 0 bridgehead atoms. The van der Waals surface area contributed by atoms with E-state index in [2.05, 4.69) is 34.0 Å². The summed E-state index contributed by atoms with van der Waals surface area (Å²) >= 11 is 0. The van der Waals surface area contributed by atoms with Crippen molar-refractivity contribution < 1.29 is 4.79 Å². The molecule has 116 valence electrons. The third-order valence-corrected chi connectivity index (χ3v) is 3.91. The molecule has 1 aromatic rings. The number of aromatic nitrogens is 2. The molecule has 0 aliphatic carbocycles. The quantitative estimate of drug-likeness (QED) is 0.871. The van der Waals surface area contributed by atoms with Gasteiger partial charge in [-0.25, -0.2) is 4.98 Å².